The molecule has 130 valence electrons. The number of aryl methyl sites for hydroxylation is 2. The zero-order chi connectivity index (χ0) is 17.4. The Morgan fingerprint density at radius 3 is 2.72 bits per heavy atom. The number of nitrogen functional groups attached to an aromatic ring is 1. The van der Waals surface area contributed by atoms with E-state index >= 15 is 0 Å². The van der Waals surface area contributed by atoms with Crippen molar-refractivity contribution in [3.8, 4) is 0 Å². The Morgan fingerprint density at radius 1 is 1.16 bits per heavy atom. The van der Waals surface area contributed by atoms with Gasteiger partial charge < -0.3 is 5.73 Å². The first-order chi connectivity index (χ1) is 12.1. The molecule has 0 fully saturated rings. The normalized spacial score (nSPS) is 15.5. The maximum atomic E-state index is 6.33. The second-order valence-electron chi connectivity index (χ2n) is 6.92. The van der Waals surface area contributed by atoms with Gasteiger partial charge in [-0.05, 0) is 50.8 Å². The third kappa shape index (κ3) is 3.14. The summed E-state index contributed by atoms with van der Waals surface area (Å²) in [6.07, 6.45) is 4.80. The van der Waals surface area contributed by atoms with Gasteiger partial charge in [-0.2, -0.15) is 0 Å². The number of nitrogens with zero attached hydrogens (tertiary/aromatic N) is 3. The Labute approximate surface area is 152 Å². The first-order valence-corrected chi connectivity index (χ1v) is 9.77. The fourth-order valence-corrected chi connectivity index (χ4v) is 4.94. The number of nitrogens with two attached hydrogens (primary N) is 1. The Morgan fingerprint density at radius 2 is 1.92 bits per heavy atom. The second-order valence-corrected chi connectivity index (χ2v) is 8.00. The van der Waals surface area contributed by atoms with Gasteiger partial charge in [-0.25, -0.2) is 9.97 Å². The van der Waals surface area contributed by atoms with Gasteiger partial charge in [0.05, 0.1) is 11.9 Å². The molecule has 1 aliphatic carbocycles. The zero-order valence-corrected chi connectivity index (χ0v) is 15.6. The van der Waals surface area contributed by atoms with E-state index in [0.717, 1.165) is 28.9 Å². The minimum absolute atomic E-state index is 0.304. The summed E-state index contributed by atoms with van der Waals surface area (Å²) in [5.41, 5.74) is 9.03. The standard InChI is InChI=1S/C20H24N4S/c1-13(14-8-4-3-5-9-14)24(2)12-17-22-19(21)18-15-10-6-7-11-16(15)25-20(18)23-17/h3-5,8-9,13H,6-7,10-12H2,1-2H3,(H2,21,22,23). The van der Waals surface area contributed by atoms with Crippen molar-refractivity contribution in [2.75, 3.05) is 12.8 Å². The van der Waals surface area contributed by atoms with E-state index < -0.39 is 0 Å². The van der Waals surface area contributed by atoms with Crippen molar-refractivity contribution in [2.24, 2.45) is 0 Å². The number of fused-ring (bicyclic) bond motifs is 3. The summed E-state index contributed by atoms with van der Waals surface area (Å²) >= 11 is 1.81. The summed E-state index contributed by atoms with van der Waals surface area (Å²) in [6.45, 7) is 2.90. The van der Waals surface area contributed by atoms with E-state index in [1.807, 2.05) is 17.4 Å². The number of aromatic nitrogens is 2. The van der Waals surface area contributed by atoms with Crippen molar-refractivity contribution < 1.29 is 0 Å². The molecular formula is C20H24N4S. The predicted octanol–water partition coefficient (Wildman–Crippen LogP) is 4.35. The van der Waals surface area contributed by atoms with Crippen LogP contribution in [0.25, 0.3) is 10.2 Å². The molecule has 3 aromatic rings. The summed E-state index contributed by atoms with van der Waals surface area (Å²) in [4.78, 5) is 14.3. The zero-order valence-electron chi connectivity index (χ0n) is 14.8. The van der Waals surface area contributed by atoms with Gasteiger partial charge in [-0.1, -0.05) is 30.3 Å². The van der Waals surface area contributed by atoms with Crippen LogP contribution in [-0.2, 0) is 19.4 Å². The first kappa shape index (κ1) is 16.5. The van der Waals surface area contributed by atoms with Crippen LogP contribution in [0.2, 0.25) is 0 Å². The smallest absolute Gasteiger partial charge is 0.146 e. The lowest BCUT2D eigenvalue weighted by Gasteiger charge is -2.24. The van der Waals surface area contributed by atoms with Crippen molar-refractivity contribution in [1.29, 1.82) is 0 Å². The van der Waals surface area contributed by atoms with E-state index in [9.17, 15) is 0 Å². The maximum absolute atomic E-state index is 6.33. The molecule has 2 N–H and O–H groups in total. The third-order valence-electron chi connectivity index (χ3n) is 5.22. The molecule has 5 heteroatoms. The van der Waals surface area contributed by atoms with Gasteiger partial charge >= 0.3 is 0 Å². The molecule has 0 amide bonds. The number of hydrogen-bond acceptors (Lipinski definition) is 5. The molecule has 0 bridgehead atoms. The van der Waals surface area contributed by atoms with E-state index in [4.69, 9.17) is 10.7 Å². The first-order valence-electron chi connectivity index (χ1n) is 8.95. The molecule has 1 unspecified atom stereocenters. The molecule has 0 radical (unpaired) electrons. The van der Waals surface area contributed by atoms with Crippen LogP contribution in [0.5, 0.6) is 0 Å². The highest BCUT2D eigenvalue weighted by Crippen LogP contribution is 2.37. The van der Waals surface area contributed by atoms with Crippen LogP contribution in [0.15, 0.2) is 30.3 Å². The van der Waals surface area contributed by atoms with Gasteiger partial charge in [0, 0.05) is 10.9 Å². The van der Waals surface area contributed by atoms with Crippen LogP contribution in [-0.4, -0.2) is 21.9 Å². The monoisotopic (exact) mass is 352 g/mol. The molecular weight excluding hydrogens is 328 g/mol. The fourth-order valence-electron chi connectivity index (χ4n) is 3.65. The Kier molecular flexibility index (Phi) is 4.44. The van der Waals surface area contributed by atoms with Crippen molar-refractivity contribution in [1.82, 2.24) is 14.9 Å². The lowest BCUT2D eigenvalue weighted by atomic mass is 9.97. The molecule has 1 atom stereocenters. The second kappa shape index (κ2) is 6.73. The molecule has 2 heterocycles. The van der Waals surface area contributed by atoms with Crippen LogP contribution in [0.1, 0.15) is 47.6 Å². The van der Waals surface area contributed by atoms with Crippen molar-refractivity contribution >= 4 is 27.4 Å². The highest BCUT2D eigenvalue weighted by atomic mass is 32.1. The van der Waals surface area contributed by atoms with Crippen molar-refractivity contribution in [3.63, 3.8) is 0 Å². The number of thiophene rings is 1. The van der Waals surface area contributed by atoms with Gasteiger partial charge in [0.2, 0.25) is 0 Å². The van der Waals surface area contributed by atoms with E-state index in [1.54, 1.807) is 0 Å². The predicted molar refractivity (Wildman–Crippen MR) is 105 cm³/mol. The van der Waals surface area contributed by atoms with Crippen LogP contribution in [0, 0.1) is 0 Å². The number of rotatable bonds is 4. The largest absolute Gasteiger partial charge is 0.383 e. The quantitative estimate of drug-likeness (QED) is 0.758. The van der Waals surface area contributed by atoms with Crippen LogP contribution < -0.4 is 5.73 Å². The van der Waals surface area contributed by atoms with Gasteiger partial charge in [-0.15, -0.1) is 11.3 Å². The Balaban J connectivity index is 1.61. The van der Waals surface area contributed by atoms with E-state index in [-0.39, 0.29) is 0 Å². The van der Waals surface area contributed by atoms with E-state index in [0.29, 0.717) is 18.4 Å². The molecule has 0 aliphatic heterocycles. The van der Waals surface area contributed by atoms with Crippen LogP contribution in [0.3, 0.4) is 0 Å². The molecule has 1 aromatic carbocycles. The topological polar surface area (TPSA) is 55.0 Å². The van der Waals surface area contributed by atoms with Crippen LogP contribution >= 0.6 is 11.3 Å². The SMILES string of the molecule is CC(c1ccccc1)N(C)Cc1nc(N)c2c3c(sc2n1)CCCC3. The maximum Gasteiger partial charge on any atom is 0.146 e. The summed E-state index contributed by atoms with van der Waals surface area (Å²) in [5.74, 6) is 1.47. The van der Waals surface area contributed by atoms with Crippen molar-refractivity contribution in [3.05, 3.63) is 52.2 Å². The Bertz CT molecular complexity index is 888. The average molecular weight is 353 g/mol. The number of benzene rings is 1. The van der Waals surface area contributed by atoms with Gasteiger partial charge in [0.25, 0.3) is 0 Å². The molecule has 0 saturated carbocycles. The lowest BCUT2D eigenvalue weighted by molar-refractivity contribution is 0.247. The molecule has 25 heavy (non-hydrogen) atoms. The van der Waals surface area contributed by atoms with Crippen molar-refractivity contribution in [2.45, 2.75) is 45.2 Å². The molecule has 4 nitrogen and oxygen atoms in total. The minimum atomic E-state index is 0.304. The summed E-state index contributed by atoms with van der Waals surface area (Å²) in [7, 11) is 2.11. The minimum Gasteiger partial charge on any atom is -0.383 e. The molecule has 2 aromatic heterocycles. The molecule has 1 aliphatic rings. The lowest BCUT2D eigenvalue weighted by Crippen LogP contribution is -2.23. The van der Waals surface area contributed by atoms with Gasteiger partial charge in [0.15, 0.2) is 0 Å². The molecule has 4 rings (SSSR count). The third-order valence-corrected chi connectivity index (χ3v) is 6.41. The van der Waals surface area contributed by atoms with E-state index in [2.05, 4.69) is 48.1 Å². The van der Waals surface area contributed by atoms with Gasteiger partial charge in [0.1, 0.15) is 16.5 Å². The molecule has 0 spiro atoms. The summed E-state index contributed by atoms with van der Waals surface area (Å²) in [5, 5.41) is 1.11. The van der Waals surface area contributed by atoms with Crippen LogP contribution in [0.4, 0.5) is 5.82 Å². The Hall–Kier alpha value is -1.98. The average Bonchev–Trinajstić information content (AvgIpc) is 3.00. The summed E-state index contributed by atoms with van der Waals surface area (Å²) in [6, 6.07) is 10.8. The summed E-state index contributed by atoms with van der Waals surface area (Å²) < 4.78 is 0. The molecule has 0 saturated heterocycles. The van der Waals surface area contributed by atoms with Gasteiger partial charge in [-0.3, -0.25) is 4.90 Å². The number of anilines is 1. The number of hydrogen-bond donors (Lipinski definition) is 1. The fraction of sp³-hybridized carbons (Fsp3) is 0.400. The highest BCUT2D eigenvalue weighted by Gasteiger charge is 2.21. The van der Waals surface area contributed by atoms with E-state index in [1.165, 1.54) is 28.8 Å². The highest BCUT2D eigenvalue weighted by molar-refractivity contribution is 7.19.